The summed E-state index contributed by atoms with van der Waals surface area (Å²) in [7, 11) is 0. The van der Waals surface area contributed by atoms with Crippen molar-refractivity contribution in [3.8, 4) is 11.5 Å². The average Bonchev–Trinajstić information content (AvgIpc) is 3.14. The molecule has 10 heteroatoms. The Labute approximate surface area is 183 Å². The van der Waals surface area contributed by atoms with E-state index in [1.165, 1.54) is 30.3 Å². The molecule has 0 saturated heterocycles. The molecule has 1 aliphatic rings. The van der Waals surface area contributed by atoms with Crippen molar-refractivity contribution in [1.29, 1.82) is 0 Å². The van der Waals surface area contributed by atoms with Gasteiger partial charge in [-0.05, 0) is 49.8 Å². The summed E-state index contributed by atoms with van der Waals surface area (Å²) in [6.07, 6.45) is 1.51. The summed E-state index contributed by atoms with van der Waals surface area (Å²) < 4.78 is 21.1. The zero-order chi connectivity index (χ0) is 23.1. The summed E-state index contributed by atoms with van der Waals surface area (Å²) in [5, 5.41) is 10.8. The molecule has 0 bridgehead atoms. The quantitative estimate of drug-likeness (QED) is 0.252. The van der Waals surface area contributed by atoms with E-state index in [4.69, 9.17) is 18.9 Å². The van der Waals surface area contributed by atoms with Crippen LogP contribution in [0.5, 0.6) is 11.5 Å². The maximum Gasteiger partial charge on any atom is 0.363 e. The van der Waals surface area contributed by atoms with Gasteiger partial charge in [0, 0.05) is 17.7 Å². The van der Waals surface area contributed by atoms with Crippen molar-refractivity contribution < 1.29 is 33.5 Å². The zero-order valence-corrected chi connectivity index (χ0v) is 17.4. The maximum absolute atomic E-state index is 12.2. The minimum atomic E-state index is -0.654. The molecule has 32 heavy (non-hydrogen) atoms. The number of hydrogen-bond acceptors (Lipinski definition) is 9. The fraction of sp³-hybridized carbons (Fsp3) is 0.227. The number of ether oxygens (including phenoxy) is 4. The van der Waals surface area contributed by atoms with E-state index in [1.807, 2.05) is 0 Å². The Bertz CT molecular complexity index is 1090. The summed E-state index contributed by atoms with van der Waals surface area (Å²) in [5.41, 5.74) is 1.01. The van der Waals surface area contributed by atoms with Crippen molar-refractivity contribution in [2.24, 2.45) is 4.99 Å². The molecule has 0 radical (unpaired) electrons. The Balaban J connectivity index is 1.81. The number of hydrogen-bond donors (Lipinski definition) is 0. The summed E-state index contributed by atoms with van der Waals surface area (Å²) in [5.74, 6) is -0.360. The number of esters is 2. The highest BCUT2D eigenvalue weighted by Gasteiger charge is 2.24. The lowest BCUT2D eigenvalue weighted by Gasteiger charge is -2.12. The molecule has 0 saturated carbocycles. The molecule has 1 aliphatic heterocycles. The summed E-state index contributed by atoms with van der Waals surface area (Å²) >= 11 is 0. The predicted molar refractivity (Wildman–Crippen MR) is 113 cm³/mol. The summed E-state index contributed by atoms with van der Waals surface area (Å²) in [6, 6.07) is 10.4. The van der Waals surface area contributed by atoms with Crippen molar-refractivity contribution in [2.45, 2.75) is 13.8 Å². The van der Waals surface area contributed by atoms with Gasteiger partial charge in [-0.25, -0.2) is 14.6 Å². The minimum Gasteiger partial charge on any atom is -0.490 e. The Morgan fingerprint density at radius 3 is 2.50 bits per heavy atom. The lowest BCUT2D eigenvalue weighted by atomic mass is 10.1. The van der Waals surface area contributed by atoms with Crippen LogP contribution < -0.4 is 9.47 Å². The third-order valence-corrected chi connectivity index (χ3v) is 4.17. The second-order valence-electron chi connectivity index (χ2n) is 6.37. The SMILES string of the molecule is CCOC(=O)COc1ccc(/C=C2\N=C(c3ccc([N+](=O)[O-])cc3)OC2=O)cc1OCC. The number of nitrogens with zero attached hydrogens (tertiary/aromatic N) is 2. The third kappa shape index (κ3) is 5.48. The van der Waals surface area contributed by atoms with Crippen LogP contribution >= 0.6 is 0 Å². The van der Waals surface area contributed by atoms with E-state index in [2.05, 4.69) is 4.99 Å². The van der Waals surface area contributed by atoms with E-state index >= 15 is 0 Å². The Hall–Kier alpha value is -4.21. The van der Waals surface area contributed by atoms with Crippen molar-refractivity contribution in [3.63, 3.8) is 0 Å². The van der Waals surface area contributed by atoms with E-state index in [0.29, 0.717) is 29.2 Å². The van der Waals surface area contributed by atoms with Crippen LogP contribution in [0.15, 0.2) is 53.2 Å². The van der Waals surface area contributed by atoms with Crippen molar-refractivity contribution in [3.05, 3.63) is 69.4 Å². The highest BCUT2D eigenvalue weighted by atomic mass is 16.6. The van der Waals surface area contributed by atoms with Crippen LogP contribution in [0.3, 0.4) is 0 Å². The molecule has 3 rings (SSSR count). The molecule has 0 N–H and O–H groups in total. The largest absolute Gasteiger partial charge is 0.490 e. The first-order chi connectivity index (χ1) is 15.4. The first-order valence-corrected chi connectivity index (χ1v) is 9.74. The molecule has 0 atom stereocenters. The van der Waals surface area contributed by atoms with Crippen LogP contribution in [-0.4, -0.2) is 42.6 Å². The maximum atomic E-state index is 12.2. The lowest BCUT2D eigenvalue weighted by molar-refractivity contribution is -0.384. The van der Waals surface area contributed by atoms with Crippen molar-refractivity contribution in [1.82, 2.24) is 0 Å². The number of aliphatic imine (C=N–C) groups is 1. The summed E-state index contributed by atoms with van der Waals surface area (Å²) in [4.78, 5) is 38.2. The molecule has 1 heterocycles. The predicted octanol–water partition coefficient (Wildman–Crippen LogP) is 3.28. The van der Waals surface area contributed by atoms with E-state index in [9.17, 15) is 19.7 Å². The van der Waals surface area contributed by atoms with Gasteiger partial charge < -0.3 is 18.9 Å². The Morgan fingerprint density at radius 2 is 1.84 bits per heavy atom. The number of cyclic esters (lactones) is 1. The molecular formula is C22H20N2O8. The fourth-order valence-corrected chi connectivity index (χ4v) is 2.76. The molecule has 0 aromatic heterocycles. The number of nitro groups is 1. The monoisotopic (exact) mass is 440 g/mol. The van der Waals surface area contributed by atoms with Gasteiger partial charge in [0.05, 0.1) is 18.1 Å². The molecule has 0 fully saturated rings. The van der Waals surface area contributed by atoms with Gasteiger partial charge >= 0.3 is 11.9 Å². The van der Waals surface area contributed by atoms with E-state index in [1.54, 1.807) is 32.0 Å². The second kappa shape index (κ2) is 10.2. The number of benzene rings is 2. The number of rotatable bonds is 9. The van der Waals surface area contributed by atoms with Gasteiger partial charge in [0.1, 0.15) is 0 Å². The second-order valence-corrected chi connectivity index (χ2v) is 6.37. The van der Waals surface area contributed by atoms with Crippen LogP contribution in [0.1, 0.15) is 25.0 Å². The highest BCUT2D eigenvalue weighted by Crippen LogP contribution is 2.30. The standard InChI is InChI=1S/C22H20N2O8/c1-3-29-19-12-14(5-10-18(19)31-13-20(25)30-4-2)11-17-22(26)32-21(23-17)15-6-8-16(9-7-15)24(27)28/h5-12H,3-4,13H2,1-2H3/b17-11-. The van der Waals surface area contributed by atoms with Crippen LogP contribution in [0.2, 0.25) is 0 Å². The molecule has 0 amide bonds. The number of carbonyl (C=O) groups excluding carboxylic acids is 2. The van der Waals surface area contributed by atoms with Gasteiger partial charge in [0.25, 0.3) is 5.69 Å². The normalized spacial score (nSPS) is 14.0. The fourth-order valence-electron chi connectivity index (χ4n) is 2.76. The Morgan fingerprint density at radius 1 is 1.09 bits per heavy atom. The van der Waals surface area contributed by atoms with Crippen LogP contribution in [-0.2, 0) is 19.1 Å². The van der Waals surface area contributed by atoms with Crippen LogP contribution in [0.25, 0.3) is 6.08 Å². The minimum absolute atomic E-state index is 0.0515. The van der Waals surface area contributed by atoms with Crippen molar-refractivity contribution >= 4 is 29.6 Å². The number of carbonyl (C=O) groups is 2. The van der Waals surface area contributed by atoms with Crippen LogP contribution in [0, 0.1) is 10.1 Å². The topological polar surface area (TPSA) is 127 Å². The average molecular weight is 440 g/mol. The van der Waals surface area contributed by atoms with Crippen molar-refractivity contribution in [2.75, 3.05) is 19.8 Å². The molecule has 0 unspecified atom stereocenters. The van der Waals surface area contributed by atoms with E-state index in [-0.39, 0.29) is 30.5 Å². The molecule has 0 spiro atoms. The summed E-state index contributed by atoms with van der Waals surface area (Å²) in [6.45, 7) is 3.86. The smallest absolute Gasteiger partial charge is 0.363 e. The van der Waals surface area contributed by atoms with E-state index in [0.717, 1.165) is 0 Å². The first kappa shape index (κ1) is 22.5. The Kier molecular flexibility index (Phi) is 7.17. The zero-order valence-electron chi connectivity index (χ0n) is 17.4. The lowest BCUT2D eigenvalue weighted by Crippen LogP contribution is -2.15. The highest BCUT2D eigenvalue weighted by molar-refractivity contribution is 6.12. The van der Waals surface area contributed by atoms with Crippen LogP contribution in [0.4, 0.5) is 5.69 Å². The van der Waals surface area contributed by atoms with Gasteiger partial charge in [-0.2, -0.15) is 0 Å². The van der Waals surface area contributed by atoms with Gasteiger partial charge in [-0.15, -0.1) is 0 Å². The van der Waals surface area contributed by atoms with Gasteiger partial charge in [-0.3, -0.25) is 10.1 Å². The molecular weight excluding hydrogens is 420 g/mol. The van der Waals surface area contributed by atoms with Gasteiger partial charge in [-0.1, -0.05) is 6.07 Å². The number of nitro benzene ring substituents is 1. The molecule has 166 valence electrons. The van der Waals surface area contributed by atoms with Gasteiger partial charge in [0.15, 0.2) is 23.8 Å². The molecule has 0 aliphatic carbocycles. The number of non-ortho nitro benzene ring substituents is 1. The molecule has 2 aromatic rings. The molecule has 10 nitrogen and oxygen atoms in total. The first-order valence-electron chi connectivity index (χ1n) is 9.74. The van der Waals surface area contributed by atoms with E-state index < -0.39 is 16.9 Å². The third-order valence-electron chi connectivity index (χ3n) is 4.17. The van der Waals surface area contributed by atoms with Gasteiger partial charge in [0.2, 0.25) is 5.90 Å². The molecule has 2 aromatic carbocycles.